The van der Waals surface area contributed by atoms with Crippen molar-refractivity contribution in [2.45, 2.75) is 26.1 Å². The fraction of sp³-hybridized carbons (Fsp3) is 0.333. The van der Waals surface area contributed by atoms with Crippen molar-refractivity contribution in [3.63, 3.8) is 0 Å². The van der Waals surface area contributed by atoms with Gasteiger partial charge in [-0.3, -0.25) is 18.8 Å². The zero-order chi connectivity index (χ0) is 16.1. The van der Waals surface area contributed by atoms with Gasteiger partial charge in [-0.25, -0.2) is 13.8 Å². The Morgan fingerprint density at radius 2 is 2.18 bits per heavy atom. The molecule has 0 saturated heterocycles. The van der Waals surface area contributed by atoms with Crippen molar-refractivity contribution in [1.29, 1.82) is 0 Å². The number of nitrogens with one attached hydrogen (secondary N) is 1. The summed E-state index contributed by atoms with van der Waals surface area (Å²) in [5.41, 5.74) is -0.132. The number of hydrogen-bond acceptors (Lipinski definition) is 5. The fourth-order valence-corrected chi connectivity index (χ4v) is 1.75. The molecule has 0 atom stereocenters. The minimum atomic E-state index is -2.50. The highest BCUT2D eigenvalue weighted by Gasteiger charge is 2.09. The maximum atomic E-state index is 12.2. The number of carboxylic acids is 1. The molecular formula is C12H13F2N5O3. The second kappa shape index (κ2) is 6.78. The van der Waals surface area contributed by atoms with E-state index >= 15 is 0 Å². The van der Waals surface area contributed by atoms with Crippen molar-refractivity contribution in [2.24, 2.45) is 0 Å². The Hall–Kier alpha value is -2.78. The van der Waals surface area contributed by atoms with Gasteiger partial charge in [0.2, 0.25) is 0 Å². The van der Waals surface area contributed by atoms with E-state index in [4.69, 9.17) is 5.11 Å². The van der Waals surface area contributed by atoms with E-state index in [9.17, 15) is 18.4 Å². The predicted octanol–water partition coefficient (Wildman–Crippen LogP) is 0.402. The minimum absolute atomic E-state index is 0.0350. The molecule has 2 aromatic heterocycles. The highest BCUT2D eigenvalue weighted by Crippen LogP contribution is 2.03. The van der Waals surface area contributed by atoms with E-state index < -0.39 is 31.0 Å². The Labute approximate surface area is 123 Å². The molecule has 0 fully saturated rings. The molecule has 0 amide bonds. The monoisotopic (exact) mass is 313 g/mol. The van der Waals surface area contributed by atoms with Crippen LogP contribution in [0.1, 0.15) is 5.69 Å². The molecule has 2 heterocycles. The molecule has 0 spiro atoms. The van der Waals surface area contributed by atoms with E-state index in [1.165, 1.54) is 24.7 Å². The number of aliphatic carboxylic acids is 1. The van der Waals surface area contributed by atoms with Crippen molar-refractivity contribution >= 4 is 11.8 Å². The summed E-state index contributed by atoms with van der Waals surface area (Å²) in [4.78, 5) is 26.4. The molecule has 0 unspecified atom stereocenters. The van der Waals surface area contributed by atoms with Gasteiger partial charge in [0.25, 0.3) is 12.0 Å². The summed E-state index contributed by atoms with van der Waals surface area (Å²) in [5, 5.41) is 15.3. The number of alkyl halides is 2. The molecule has 2 N–H and O–H groups in total. The largest absolute Gasteiger partial charge is 0.480 e. The number of hydrogen-bond donors (Lipinski definition) is 2. The molecule has 0 aromatic carbocycles. The molecule has 118 valence electrons. The standard InChI is InChI=1S/C12H13F2N5O3/c13-9(14)6-19-3-1-8(17-19)5-16-11-12(22)18(4-2-15-11)7-10(20)21/h1-4,9H,5-7H2,(H,15,16)(H,20,21). The lowest BCUT2D eigenvalue weighted by atomic mass is 10.4. The molecule has 8 nitrogen and oxygen atoms in total. The van der Waals surface area contributed by atoms with Crippen LogP contribution >= 0.6 is 0 Å². The van der Waals surface area contributed by atoms with E-state index in [0.717, 1.165) is 9.25 Å². The van der Waals surface area contributed by atoms with Gasteiger partial charge >= 0.3 is 5.97 Å². The van der Waals surface area contributed by atoms with Crippen LogP contribution in [0.4, 0.5) is 14.6 Å². The first-order valence-corrected chi connectivity index (χ1v) is 6.27. The smallest absolute Gasteiger partial charge is 0.323 e. The highest BCUT2D eigenvalue weighted by atomic mass is 19.3. The first-order chi connectivity index (χ1) is 10.5. The van der Waals surface area contributed by atoms with E-state index in [2.05, 4.69) is 15.4 Å². The van der Waals surface area contributed by atoms with Crippen LogP contribution in [0.15, 0.2) is 29.5 Å². The molecule has 0 aliphatic rings. The number of nitrogens with zero attached hydrogens (tertiary/aromatic N) is 4. The lowest BCUT2D eigenvalue weighted by Crippen LogP contribution is -2.27. The molecule has 10 heteroatoms. The third kappa shape index (κ3) is 4.11. The minimum Gasteiger partial charge on any atom is -0.480 e. The van der Waals surface area contributed by atoms with Crippen LogP contribution < -0.4 is 10.9 Å². The lowest BCUT2D eigenvalue weighted by Gasteiger charge is -2.06. The van der Waals surface area contributed by atoms with Gasteiger partial charge < -0.3 is 10.4 Å². The van der Waals surface area contributed by atoms with Gasteiger partial charge in [0.1, 0.15) is 13.1 Å². The number of aromatic nitrogens is 4. The van der Waals surface area contributed by atoms with Gasteiger partial charge in [-0.2, -0.15) is 5.10 Å². The van der Waals surface area contributed by atoms with Gasteiger partial charge in [-0.05, 0) is 6.07 Å². The molecule has 2 aromatic rings. The topological polar surface area (TPSA) is 102 Å². The van der Waals surface area contributed by atoms with Gasteiger partial charge in [0, 0.05) is 18.6 Å². The van der Waals surface area contributed by atoms with Crippen LogP contribution in [0.25, 0.3) is 0 Å². The Kier molecular flexibility index (Phi) is 4.81. The van der Waals surface area contributed by atoms with Crippen LogP contribution in [0, 0.1) is 0 Å². The molecular weight excluding hydrogens is 300 g/mol. The zero-order valence-corrected chi connectivity index (χ0v) is 11.3. The number of halogens is 2. The second-order valence-corrected chi connectivity index (χ2v) is 4.38. The summed E-state index contributed by atoms with van der Waals surface area (Å²) in [5.74, 6) is -1.18. The number of anilines is 1. The Morgan fingerprint density at radius 3 is 2.86 bits per heavy atom. The Balaban J connectivity index is 2.04. The SMILES string of the molecule is O=C(O)Cn1ccnc(NCc2ccn(CC(F)F)n2)c1=O. The molecule has 0 saturated carbocycles. The van der Waals surface area contributed by atoms with E-state index in [1.807, 2.05) is 0 Å². The molecule has 0 aliphatic carbocycles. The van der Waals surface area contributed by atoms with Crippen LogP contribution in [-0.4, -0.2) is 36.8 Å². The third-order valence-electron chi connectivity index (χ3n) is 2.68. The average Bonchev–Trinajstić information content (AvgIpc) is 2.86. The summed E-state index contributed by atoms with van der Waals surface area (Å²) in [7, 11) is 0. The van der Waals surface area contributed by atoms with Crippen LogP contribution in [-0.2, 0) is 24.4 Å². The van der Waals surface area contributed by atoms with E-state index in [-0.39, 0.29) is 12.4 Å². The summed E-state index contributed by atoms with van der Waals surface area (Å²) in [6, 6.07) is 1.54. The van der Waals surface area contributed by atoms with Crippen molar-refractivity contribution in [3.05, 3.63) is 40.7 Å². The summed E-state index contributed by atoms with van der Waals surface area (Å²) < 4.78 is 26.5. The maximum absolute atomic E-state index is 12.2. The Bertz CT molecular complexity index is 713. The number of carboxylic acid groups (broad SMARTS) is 1. The van der Waals surface area contributed by atoms with Crippen molar-refractivity contribution in [2.75, 3.05) is 5.32 Å². The molecule has 0 radical (unpaired) electrons. The fourth-order valence-electron chi connectivity index (χ4n) is 1.75. The zero-order valence-electron chi connectivity index (χ0n) is 11.3. The molecule has 2 rings (SSSR count). The van der Waals surface area contributed by atoms with Gasteiger partial charge in [0.15, 0.2) is 5.82 Å². The van der Waals surface area contributed by atoms with Crippen molar-refractivity contribution < 1.29 is 18.7 Å². The van der Waals surface area contributed by atoms with E-state index in [1.54, 1.807) is 0 Å². The normalized spacial score (nSPS) is 10.9. The maximum Gasteiger partial charge on any atom is 0.323 e. The molecule has 22 heavy (non-hydrogen) atoms. The predicted molar refractivity (Wildman–Crippen MR) is 71.7 cm³/mol. The lowest BCUT2D eigenvalue weighted by molar-refractivity contribution is -0.137. The summed E-state index contributed by atoms with van der Waals surface area (Å²) in [6.07, 6.45) is 1.46. The highest BCUT2D eigenvalue weighted by molar-refractivity contribution is 5.66. The summed E-state index contributed by atoms with van der Waals surface area (Å²) >= 11 is 0. The summed E-state index contributed by atoms with van der Waals surface area (Å²) in [6.45, 7) is -0.871. The quantitative estimate of drug-likeness (QED) is 0.767. The average molecular weight is 313 g/mol. The second-order valence-electron chi connectivity index (χ2n) is 4.38. The van der Waals surface area contributed by atoms with Crippen LogP contribution in [0.2, 0.25) is 0 Å². The van der Waals surface area contributed by atoms with Gasteiger partial charge in [-0.1, -0.05) is 0 Å². The number of rotatable bonds is 7. The Morgan fingerprint density at radius 1 is 1.41 bits per heavy atom. The van der Waals surface area contributed by atoms with Crippen LogP contribution in [0.3, 0.4) is 0 Å². The van der Waals surface area contributed by atoms with E-state index in [0.29, 0.717) is 5.69 Å². The number of carbonyl (C=O) groups is 1. The molecule has 0 bridgehead atoms. The van der Waals surface area contributed by atoms with Crippen molar-refractivity contribution in [3.8, 4) is 0 Å². The first kappa shape index (κ1) is 15.6. The van der Waals surface area contributed by atoms with Crippen molar-refractivity contribution in [1.82, 2.24) is 19.3 Å². The first-order valence-electron chi connectivity index (χ1n) is 6.27. The van der Waals surface area contributed by atoms with Gasteiger partial charge in [0.05, 0.1) is 12.2 Å². The third-order valence-corrected chi connectivity index (χ3v) is 2.68. The van der Waals surface area contributed by atoms with Crippen LogP contribution in [0.5, 0.6) is 0 Å². The van der Waals surface area contributed by atoms with Gasteiger partial charge in [-0.15, -0.1) is 0 Å². The molecule has 0 aliphatic heterocycles.